The number of nitrogens with two attached hydrogens (primary N) is 1. The predicted octanol–water partition coefficient (Wildman–Crippen LogP) is 4.80. The van der Waals surface area contributed by atoms with Crippen LogP contribution >= 0.6 is 11.6 Å². The standard InChI is InChI=1S/C22H18ClN5O/c1-2-3-6-17(23)21(24)22(29)27-19-10-13(11-20-16(19)12-26-28-20)14-5-4-7-18-15(14)8-9-25-18/h2-12,25H,1,24H2,(H,26,28)(H,27,29)/b6-3-,21-17+. The van der Waals surface area contributed by atoms with E-state index in [1.807, 2.05) is 42.6 Å². The van der Waals surface area contributed by atoms with Gasteiger partial charge in [-0.3, -0.25) is 9.89 Å². The van der Waals surface area contributed by atoms with Gasteiger partial charge in [0.15, 0.2) is 0 Å². The molecular weight excluding hydrogens is 386 g/mol. The maximum Gasteiger partial charge on any atom is 0.273 e. The van der Waals surface area contributed by atoms with Crippen molar-refractivity contribution in [3.63, 3.8) is 0 Å². The molecule has 0 aliphatic carbocycles. The summed E-state index contributed by atoms with van der Waals surface area (Å²) in [5.41, 5.74) is 10.2. The van der Waals surface area contributed by atoms with Crippen LogP contribution in [0, 0.1) is 0 Å². The Kier molecular flexibility index (Phi) is 4.93. The summed E-state index contributed by atoms with van der Waals surface area (Å²) in [7, 11) is 0. The molecule has 0 saturated heterocycles. The fourth-order valence-corrected chi connectivity index (χ4v) is 3.35. The third-order valence-electron chi connectivity index (χ3n) is 4.59. The van der Waals surface area contributed by atoms with Crippen LogP contribution in [-0.4, -0.2) is 21.1 Å². The van der Waals surface area contributed by atoms with Gasteiger partial charge in [-0.15, -0.1) is 0 Å². The second-order valence-electron chi connectivity index (χ2n) is 6.41. The molecule has 4 rings (SSSR count). The molecule has 0 atom stereocenters. The number of rotatable bonds is 5. The van der Waals surface area contributed by atoms with Gasteiger partial charge in [-0.2, -0.15) is 5.10 Å². The monoisotopic (exact) mass is 403 g/mol. The van der Waals surface area contributed by atoms with Gasteiger partial charge in [-0.25, -0.2) is 0 Å². The number of H-pyrrole nitrogens is 2. The largest absolute Gasteiger partial charge is 0.393 e. The number of allylic oxidation sites excluding steroid dienone is 4. The van der Waals surface area contributed by atoms with Crippen LogP contribution in [0.5, 0.6) is 0 Å². The Balaban J connectivity index is 1.78. The van der Waals surface area contributed by atoms with E-state index in [0.717, 1.165) is 32.9 Å². The summed E-state index contributed by atoms with van der Waals surface area (Å²) in [6, 6.07) is 11.9. The lowest BCUT2D eigenvalue weighted by Gasteiger charge is -2.11. The van der Waals surface area contributed by atoms with Gasteiger partial charge < -0.3 is 16.0 Å². The topological polar surface area (TPSA) is 99.6 Å². The molecule has 0 fully saturated rings. The first-order valence-electron chi connectivity index (χ1n) is 8.88. The predicted molar refractivity (Wildman–Crippen MR) is 118 cm³/mol. The van der Waals surface area contributed by atoms with Gasteiger partial charge >= 0.3 is 0 Å². The van der Waals surface area contributed by atoms with Crippen LogP contribution in [0.4, 0.5) is 5.69 Å². The van der Waals surface area contributed by atoms with Gasteiger partial charge in [0.1, 0.15) is 5.70 Å². The first-order chi connectivity index (χ1) is 14.1. The molecule has 0 spiro atoms. The van der Waals surface area contributed by atoms with Crippen molar-refractivity contribution < 1.29 is 4.79 Å². The number of anilines is 1. The summed E-state index contributed by atoms with van der Waals surface area (Å²) < 4.78 is 0. The van der Waals surface area contributed by atoms with Crippen molar-refractivity contribution in [3.8, 4) is 11.1 Å². The van der Waals surface area contributed by atoms with Crippen molar-refractivity contribution in [3.05, 3.63) is 84.3 Å². The van der Waals surface area contributed by atoms with E-state index < -0.39 is 5.91 Å². The molecule has 0 aliphatic rings. The molecule has 4 aromatic rings. The number of hydrogen-bond donors (Lipinski definition) is 4. The third kappa shape index (κ3) is 3.53. The molecular formula is C22H18ClN5O. The van der Waals surface area contributed by atoms with Crippen molar-refractivity contribution in [2.24, 2.45) is 5.73 Å². The number of aromatic nitrogens is 3. The summed E-state index contributed by atoms with van der Waals surface area (Å²) >= 11 is 6.09. The molecule has 5 N–H and O–H groups in total. The lowest BCUT2D eigenvalue weighted by Crippen LogP contribution is -2.21. The van der Waals surface area contributed by atoms with Crippen LogP contribution in [0.25, 0.3) is 32.9 Å². The van der Waals surface area contributed by atoms with Crippen LogP contribution in [-0.2, 0) is 4.79 Å². The van der Waals surface area contributed by atoms with Crippen molar-refractivity contribution in [2.75, 3.05) is 5.32 Å². The molecule has 1 amide bonds. The molecule has 0 saturated carbocycles. The first-order valence-corrected chi connectivity index (χ1v) is 9.25. The quantitative estimate of drug-likeness (QED) is 0.284. The number of benzene rings is 2. The minimum Gasteiger partial charge on any atom is -0.393 e. The first kappa shape index (κ1) is 18.6. The van der Waals surface area contributed by atoms with Crippen molar-refractivity contribution >= 4 is 45.0 Å². The smallest absolute Gasteiger partial charge is 0.273 e. The minimum atomic E-state index is -0.497. The molecule has 0 bridgehead atoms. The fourth-order valence-electron chi connectivity index (χ4n) is 3.19. The maximum atomic E-state index is 12.6. The second-order valence-corrected chi connectivity index (χ2v) is 6.82. The van der Waals surface area contributed by atoms with E-state index in [9.17, 15) is 4.79 Å². The van der Waals surface area contributed by atoms with E-state index in [4.69, 9.17) is 17.3 Å². The normalized spacial score (nSPS) is 12.4. The Morgan fingerprint density at radius 3 is 2.90 bits per heavy atom. The van der Waals surface area contributed by atoms with Gasteiger partial charge in [-0.05, 0) is 41.5 Å². The molecule has 7 heteroatoms. The zero-order valence-electron chi connectivity index (χ0n) is 15.4. The Morgan fingerprint density at radius 1 is 1.21 bits per heavy atom. The average Bonchev–Trinajstić information content (AvgIpc) is 3.40. The van der Waals surface area contributed by atoms with E-state index in [1.165, 1.54) is 6.08 Å². The Morgan fingerprint density at radius 2 is 2.07 bits per heavy atom. The summed E-state index contributed by atoms with van der Waals surface area (Å²) in [5, 5.41) is 11.9. The lowest BCUT2D eigenvalue weighted by molar-refractivity contribution is -0.112. The summed E-state index contributed by atoms with van der Waals surface area (Å²) in [5.74, 6) is -0.497. The SMILES string of the molecule is C=C/C=C\C(Cl)=C(/N)C(=O)Nc1cc(-c2cccc3[nH]ccc23)cc2[nH]ncc12. The highest BCUT2D eigenvalue weighted by atomic mass is 35.5. The van der Waals surface area contributed by atoms with E-state index >= 15 is 0 Å². The van der Waals surface area contributed by atoms with Gasteiger partial charge in [0.25, 0.3) is 5.91 Å². The number of carbonyl (C=O) groups excluding carboxylic acids is 1. The number of aromatic amines is 2. The summed E-state index contributed by atoms with van der Waals surface area (Å²) in [4.78, 5) is 15.8. The number of halogens is 1. The number of carbonyl (C=O) groups is 1. The second kappa shape index (κ2) is 7.69. The van der Waals surface area contributed by atoms with E-state index in [-0.39, 0.29) is 10.7 Å². The molecule has 6 nitrogen and oxygen atoms in total. The van der Waals surface area contributed by atoms with Crippen LogP contribution < -0.4 is 11.1 Å². The van der Waals surface area contributed by atoms with E-state index in [0.29, 0.717) is 5.69 Å². The molecule has 0 unspecified atom stereocenters. The Bertz CT molecular complexity index is 1300. The van der Waals surface area contributed by atoms with Gasteiger partial charge in [0.2, 0.25) is 0 Å². The average molecular weight is 404 g/mol. The number of fused-ring (bicyclic) bond motifs is 2. The van der Waals surface area contributed by atoms with Crippen molar-refractivity contribution in [2.45, 2.75) is 0 Å². The van der Waals surface area contributed by atoms with E-state index in [1.54, 1.807) is 18.3 Å². The molecule has 0 radical (unpaired) electrons. The van der Waals surface area contributed by atoms with Crippen LogP contribution in [0.2, 0.25) is 0 Å². The van der Waals surface area contributed by atoms with Gasteiger partial charge in [0, 0.05) is 22.5 Å². The Hall–Kier alpha value is -3.77. The fraction of sp³-hybridized carbons (Fsp3) is 0. The lowest BCUT2D eigenvalue weighted by atomic mass is 9.99. The van der Waals surface area contributed by atoms with Gasteiger partial charge in [-0.1, -0.05) is 42.5 Å². The number of hydrogen-bond acceptors (Lipinski definition) is 3. The Labute approximate surface area is 171 Å². The molecule has 2 aromatic carbocycles. The minimum absolute atomic E-state index is 0.0837. The van der Waals surface area contributed by atoms with E-state index in [2.05, 4.69) is 27.1 Å². The molecule has 0 aliphatic heterocycles. The highest BCUT2D eigenvalue weighted by Gasteiger charge is 2.15. The molecule has 2 aromatic heterocycles. The van der Waals surface area contributed by atoms with Crippen molar-refractivity contribution in [1.29, 1.82) is 0 Å². The summed E-state index contributed by atoms with van der Waals surface area (Å²) in [6.07, 6.45) is 8.23. The molecule has 2 heterocycles. The summed E-state index contributed by atoms with van der Waals surface area (Å²) in [6.45, 7) is 3.57. The number of amides is 1. The third-order valence-corrected chi connectivity index (χ3v) is 4.92. The van der Waals surface area contributed by atoms with Crippen LogP contribution in [0.1, 0.15) is 0 Å². The zero-order valence-corrected chi connectivity index (χ0v) is 16.1. The highest BCUT2D eigenvalue weighted by Crippen LogP contribution is 2.34. The zero-order chi connectivity index (χ0) is 20.4. The molecule has 144 valence electrons. The molecule has 29 heavy (non-hydrogen) atoms. The van der Waals surface area contributed by atoms with Gasteiger partial charge in [0.05, 0.1) is 22.4 Å². The highest BCUT2D eigenvalue weighted by molar-refractivity contribution is 6.34. The maximum absolute atomic E-state index is 12.6. The van der Waals surface area contributed by atoms with Crippen LogP contribution in [0.3, 0.4) is 0 Å². The number of nitrogens with one attached hydrogen (secondary N) is 3. The van der Waals surface area contributed by atoms with Crippen LogP contribution in [0.15, 0.2) is 84.3 Å². The van der Waals surface area contributed by atoms with Crippen molar-refractivity contribution in [1.82, 2.24) is 15.2 Å². The number of nitrogens with zero attached hydrogens (tertiary/aromatic N) is 1.